The SMILES string of the molecule is COC(C)(C)c1nccc(-n2nc(C3CC3)c3cnc(NC(C)=O)cc32)n1. The molecule has 0 aromatic carbocycles. The van der Waals surface area contributed by atoms with Gasteiger partial charge in [-0.15, -0.1) is 0 Å². The van der Waals surface area contributed by atoms with E-state index < -0.39 is 5.60 Å². The Kier molecular flexibility index (Phi) is 4.15. The van der Waals surface area contributed by atoms with Crippen LogP contribution in [-0.4, -0.2) is 37.7 Å². The van der Waals surface area contributed by atoms with Gasteiger partial charge in [-0.1, -0.05) is 0 Å². The highest BCUT2D eigenvalue weighted by atomic mass is 16.5. The molecule has 3 aromatic heterocycles. The number of hydrogen-bond acceptors (Lipinski definition) is 6. The van der Waals surface area contributed by atoms with E-state index in [4.69, 9.17) is 9.84 Å². The number of fused-ring (bicyclic) bond motifs is 1. The summed E-state index contributed by atoms with van der Waals surface area (Å²) in [6.07, 6.45) is 5.74. The molecule has 27 heavy (non-hydrogen) atoms. The predicted molar refractivity (Wildman–Crippen MR) is 101 cm³/mol. The van der Waals surface area contributed by atoms with Gasteiger partial charge in [-0.05, 0) is 26.7 Å². The molecule has 0 unspecified atom stereocenters. The molecule has 0 spiro atoms. The summed E-state index contributed by atoms with van der Waals surface area (Å²) in [6, 6.07) is 3.65. The summed E-state index contributed by atoms with van der Waals surface area (Å²) < 4.78 is 7.30. The first-order valence-electron chi connectivity index (χ1n) is 8.94. The average molecular weight is 366 g/mol. The third-order valence-corrected chi connectivity index (χ3v) is 4.77. The van der Waals surface area contributed by atoms with E-state index in [0.29, 0.717) is 23.4 Å². The summed E-state index contributed by atoms with van der Waals surface area (Å²) in [5.41, 5.74) is 1.27. The molecule has 0 bridgehead atoms. The maximum absolute atomic E-state index is 11.4. The van der Waals surface area contributed by atoms with Gasteiger partial charge < -0.3 is 10.1 Å². The monoisotopic (exact) mass is 366 g/mol. The summed E-state index contributed by atoms with van der Waals surface area (Å²) in [5, 5.41) is 8.54. The molecule has 0 aliphatic heterocycles. The molecule has 1 amide bonds. The van der Waals surface area contributed by atoms with Crippen LogP contribution in [0.2, 0.25) is 0 Å². The lowest BCUT2D eigenvalue weighted by Gasteiger charge is -2.21. The first kappa shape index (κ1) is 17.5. The van der Waals surface area contributed by atoms with Crippen LogP contribution >= 0.6 is 0 Å². The number of nitrogens with one attached hydrogen (secondary N) is 1. The average Bonchev–Trinajstić information content (AvgIpc) is 3.42. The summed E-state index contributed by atoms with van der Waals surface area (Å²) in [4.78, 5) is 24.8. The van der Waals surface area contributed by atoms with Crippen LogP contribution in [0.25, 0.3) is 16.7 Å². The molecule has 1 N–H and O–H groups in total. The largest absolute Gasteiger partial charge is 0.371 e. The lowest BCUT2D eigenvalue weighted by atomic mass is 10.1. The van der Waals surface area contributed by atoms with E-state index in [9.17, 15) is 4.79 Å². The lowest BCUT2D eigenvalue weighted by Crippen LogP contribution is -2.23. The van der Waals surface area contributed by atoms with Crippen molar-refractivity contribution < 1.29 is 9.53 Å². The van der Waals surface area contributed by atoms with Crippen LogP contribution in [0, 0.1) is 0 Å². The van der Waals surface area contributed by atoms with Crippen molar-refractivity contribution in [3.05, 3.63) is 36.0 Å². The molecule has 1 aliphatic rings. The molecular weight excluding hydrogens is 344 g/mol. The summed E-state index contributed by atoms with van der Waals surface area (Å²) >= 11 is 0. The van der Waals surface area contributed by atoms with E-state index >= 15 is 0 Å². The quantitative estimate of drug-likeness (QED) is 0.746. The fourth-order valence-corrected chi connectivity index (χ4v) is 2.96. The molecule has 1 saturated carbocycles. The Bertz CT molecular complexity index is 1020. The number of nitrogens with zero attached hydrogens (tertiary/aromatic N) is 5. The molecule has 1 fully saturated rings. The van der Waals surface area contributed by atoms with Crippen molar-refractivity contribution in [2.45, 2.75) is 45.1 Å². The molecular formula is C19H22N6O2. The van der Waals surface area contributed by atoms with Gasteiger partial charge in [-0.25, -0.2) is 19.6 Å². The first-order chi connectivity index (χ1) is 12.9. The number of rotatable bonds is 5. The van der Waals surface area contributed by atoms with Gasteiger partial charge >= 0.3 is 0 Å². The minimum absolute atomic E-state index is 0.165. The van der Waals surface area contributed by atoms with Crippen LogP contribution in [0.15, 0.2) is 24.5 Å². The molecule has 8 nitrogen and oxygen atoms in total. The maximum Gasteiger partial charge on any atom is 0.222 e. The molecule has 3 heterocycles. The number of hydrogen-bond donors (Lipinski definition) is 1. The van der Waals surface area contributed by atoms with Gasteiger partial charge in [0.25, 0.3) is 0 Å². The van der Waals surface area contributed by atoms with Crippen LogP contribution in [-0.2, 0) is 15.1 Å². The van der Waals surface area contributed by atoms with Crippen molar-refractivity contribution in [2.24, 2.45) is 0 Å². The fraction of sp³-hybridized carbons (Fsp3) is 0.421. The highest BCUT2D eigenvalue weighted by molar-refractivity contribution is 5.91. The standard InChI is InChI=1S/C19H22N6O2/c1-11(26)22-15-9-14-13(10-21-15)17(12-5-6-12)24-25(14)16-7-8-20-18(23-16)19(2,3)27-4/h7-10,12H,5-6H2,1-4H3,(H,21,22,26). The number of carbonyl (C=O) groups excluding carboxylic acids is 1. The third kappa shape index (κ3) is 3.28. The minimum Gasteiger partial charge on any atom is -0.371 e. The van der Waals surface area contributed by atoms with Crippen molar-refractivity contribution in [3.8, 4) is 5.82 Å². The number of aromatic nitrogens is 5. The summed E-state index contributed by atoms with van der Waals surface area (Å²) in [6.45, 7) is 5.30. The Hall–Kier alpha value is -2.87. The molecule has 3 aromatic rings. The number of methoxy groups -OCH3 is 1. The molecule has 1 aliphatic carbocycles. The second kappa shape index (κ2) is 6.38. The van der Waals surface area contributed by atoms with Crippen molar-refractivity contribution in [2.75, 3.05) is 12.4 Å². The zero-order chi connectivity index (χ0) is 19.2. The Morgan fingerprint density at radius 2 is 2.11 bits per heavy atom. The Morgan fingerprint density at radius 3 is 2.78 bits per heavy atom. The van der Waals surface area contributed by atoms with Gasteiger partial charge in [0, 0.05) is 49.9 Å². The third-order valence-electron chi connectivity index (χ3n) is 4.77. The number of anilines is 1. The smallest absolute Gasteiger partial charge is 0.222 e. The van der Waals surface area contributed by atoms with Crippen LogP contribution in [0.4, 0.5) is 5.82 Å². The predicted octanol–water partition coefficient (Wildman–Crippen LogP) is 2.93. The van der Waals surface area contributed by atoms with Crippen LogP contribution in [0.5, 0.6) is 0 Å². The van der Waals surface area contributed by atoms with Gasteiger partial charge in [0.15, 0.2) is 11.6 Å². The number of carbonyl (C=O) groups is 1. The van der Waals surface area contributed by atoms with Gasteiger partial charge in [0.2, 0.25) is 5.91 Å². The van der Waals surface area contributed by atoms with Crippen molar-refractivity contribution >= 4 is 22.6 Å². The topological polar surface area (TPSA) is 94.8 Å². The Morgan fingerprint density at radius 1 is 1.33 bits per heavy atom. The summed E-state index contributed by atoms with van der Waals surface area (Å²) in [5.74, 6) is 2.02. The highest BCUT2D eigenvalue weighted by Gasteiger charge is 2.30. The molecule has 8 heteroatoms. The second-order valence-corrected chi connectivity index (χ2v) is 7.29. The van der Waals surface area contributed by atoms with Crippen LogP contribution in [0.1, 0.15) is 51.0 Å². The first-order valence-corrected chi connectivity index (χ1v) is 8.94. The molecule has 0 radical (unpaired) electrons. The highest BCUT2D eigenvalue weighted by Crippen LogP contribution is 2.43. The normalized spacial score (nSPS) is 14.5. The zero-order valence-electron chi connectivity index (χ0n) is 15.9. The lowest BCUT2D eigenvalue weighted by molar-refractivity contribution is -0.114. The van der Waals surface area contributed by atoms with Crippen molar-refractivity contribution in [1.29, 1.82) is 0 Å². The zero-order valence-corrected chi connectivity index (χ0v) is 15.9. The van der Waals surface area contributed by atoms with Gasteiger partial charge in [0.05, 0.1) is 11.2 Å². The molecule has 0 saturated heterocycles. The molecule has 140 valence electrons. The number of pyridine rings is 1. The van der Waals surface area contributed by atoms with Crippen molar-refractivity contribution in [3.63, 3.8) is 0 Å². The molecule has 0 atom stereocenters. The Labute approximate surface area is 157 Å². The van der Waals surface area contributed by atoms with Gasteiger partial charge in [-0.3, -0.25) is 4.79 Å². The minimum atomic E-state index is -0.610. The van der Waals surface area contributed by atoms with Gasteiger partial charge in [0.1, 0.15) is 11.4 Å². The van der Waals surface area contributed by atoms with Crippen LogP contribution in [0.3, 0.4) is 0 Å². The molecule has 4 rings (SSSR count). The van der Waals surface area contributed by atoms with E-state index in [-0.39, 0.29) is 5.91 Å². The number of amides is 1. The number of ether oxygens (including phenoxy) is 1. The fourth-order valence-electron chi connectivity index (χ4n) is 2.96. The van der Waals surface area contributed by atoms with E-state index in [1.165, 1.54) is 6.92 Å². The maximum atomic E-state index is 11.4. The van der Waals surface area contributed by atoms with Crippen molar-refractivity contribution in [1.82, 2.24) is 24.7 Å². The second-order valence-electron chi connectivity index (χ2n) is 7.29. The van der Waals surface area contributed by atoms with E-state index in [2.05, 4.69) is 20.3 Å². The van der Waals surface area contributed by atoms with Gasteiger partial charge in [-0.2, -0.15) is 5.10 Å². The van der Waals surface area contributed by atoms with Crippen LogP contribution < -0.4 is 5.32 Å². The summed E-state index contributed by atoms with van der Waals surface area (Å²) in [7, 11) is 1.63. The van der Waals surface area contributed by atoms with E-state index in [1.54, 1.807) is 24.2 Å². The van der Waals surface area contributed by atoms with E-state index in [0.717, 1.165) is 29.4 Å². The Balaban J connectivity index is 1.88. The van der Waals surface area contributed by atoms with E-state index in [1.807, 2.05) is 26.0 Å².